The second-order valence-corrected chi connectivity index (χ2v) is 3.10. The summed E-state index contributed by atoms with van der Waals surface area (Å²) < 4.78 is 5.56. The van der Waals surface area contributed by atoms with E-state index in [2.05, 4.69) is 26.0 Å². The molecule has 1 radical (unpaired) electrons. The Morgan fingerprint density at radius 1 is 1.38 bits per heavy atom. The summed E-state index contributed by atoms with van der Waals surface area (Å²) in [5, 5.41) is 0. The van der Waals surface area contributed by atoms with Gasteiger partial charge in [-0.3, -0.25) is 0 Å². The van der Waals surface area contributed by atoms with Gasteiger partial charge in [0.15, 0.2) is 0 Å². The normalized spacial score (nSPS) is 10.0. The molecule has 1 aromatic carbocycles. The van der Waals surface area contributed by atoms with Crippen molar-refractivity contribution in [1.29, 1.82) is 0 Å². The van der Waals surface area contributed by atoms with Gasteiger partial charge in [0.1, 0.15) is 5.75 Å². The average molecular weight is 177 g/mol. The fraction of sp³-hybridized carbons (Fsp3) is 0.417. The summed E-state index contributed by atoms with van der Waals surface area (Å²) in [6, 6.07) is 8.14. The Morgan fingerprint density at radius 3 is 2.92 bits per heavy atom. The Morgan fingerprint density at radius 2 is 2.23 bits per heavy atom. The maximum Gasteiger partial charge on any atom is 0.119 e. The zero-order valence-electron chi connectivity index (χ0n) is 8.25. The lowest BCUT2D eigenvalue weighted by Gasteiger charge is -2.05. The molecule has 71 valence electrons. The van der Waals surface area contributed by atoms with Gasteiger partial charge in [-0.05, 0) is 37.5 Å². The van der Waals surface area contributed by atoms with Crippen molar-refractivity contribution in [2.45, 2.75) is 26.2 Å². The van der Waals surface area contributed by atoms with Gasteiger partial charge in [-0.2, -0.15) is 0 Å². The van der Waals surface area contributed by atoms with Crippen LogP contribution >= 0.6 is 0 Å². The zero-order valence-corrected chi connectivity index (χ0v) is 8.25. The van der Waals surface area contributed by atoms with E-state index in [1.54, 1.807) is 0 Å². The van der Waals surface area contributed by atoms with Crippen molar-refractivity contribution in [2.24, 2.45) is 0 Å². The van der Waals surface area contributed by atoms with Crippen LogP contribution in [0.4, 0.5) is 0 Å². The van der Waals surface area contributed by atoms with Crippen LogP contribution in [0.1, 0.15) is 25.3 Å². The van der Waals surface area contributed by atoms with Crippen LogP contribution in [-0.2, 0) is 6.42 Å². The van der Waals surface area contributed by atoms with Crippen LogP contribution in [0.25, 0.3) is 0 Å². The van der Waals surface area contributed by atoms with E-state index in [1.165, 1.54) is 12.0 Å². The van der Waals surface area contributed by atoms with Crippen molar-refractivity contribution in [3.8, 4) is 5.75 Å². The van der Waals surface area contributed by atoms with E-state index < -0.39 is 0 Å². The molecule has 1 rings (SSSR count). The first-order chi connectivity index (χ1) is 6.36. The van der Waals surface area contributed by atoms with Gasteiger partial charge in [-0.25, -0.2) is 0 Å². The second kappa shape index (κ2) is 5.63. The minimum atomic E-state index is 0.817. The molecular formula is C12H17O. The van der Waals surface area contributed by atoms with E-state index in [1.807, 2.05) is 12.1 Å². The fourth-order valence-electron chi connectivity index (χ4n) is 1.13. The van der Waals surface area contributed by atoms with Gasteiger partial charge < -0.3 is 4.74 Å². The van der Waals surface area contributed by atoms with Gasteiger partial charge in [0.25, 0.3) is 0 Å². The molecule has 0 saturated carbocycles. The third-order valence-electron chi connectivity index (χ3n) is 1.95. The summed E-state index contributed by atoms with van der Waals surface area (Å²) in [6.07, 6.45) is 3.12. The molecule has 0 spiro atoms. The summed E-state index contributed by atoms with van der Waals surface area (Å²) >= 11 is 0. The van der Waals surface area contributed by atoms with E-state index in [-0.39, 0.29) is 0 Å². The average Bonchev–Trinajstić information content (AvgIpc) is 2.19. The van der Waals surface area contributed by atoms with Crippen LogP contribution in [0, 0.1) is 6.92 Å². The molecule has 1 nitrogen and oxygen atoms in total. The molecule has 0 heterocycles. The first kappa shape index (κ1) is 10.1. The van der Waals surface area contributed by atoms with E-state index in [4.69, 9.17) is 4.74 Å². The number of hydrogen-bond acceptors (Lipinski definition) is 1. The molecule has 0 aromatic heterocycles. The maximum atomic E-state index is 5.56. The van der Waals surface area contributed by atoms with E-state index in [9.17, 15) is 0 Å². The molecule has 0 aliphatic heterocycles. The van der Waals surface area contributed by atoms with Crippen LogP contribution in [0.2, 0.25) is 0 Å². The van der Waals surface area contributed by atoms with Gasteiger partial charge >= 0.3 is 0 Å². The van der Waals surface area contributed by atoms with Crippen molar-refractivity contribution >= 4 is 0 Å². The Kier molecular flexibility index (Phi) is 4.37. The smallest absolute Gasteiger partial charge is 0.119 e. The molecule has 0 atom stereocenters. The highest BCUT2D eigenvalue weighted by molar-refractivity contribution is 5.28. The SMILES string of the molecule is [CH2]Cc1cccc(OCCCC)c1. The molecule has 0 bridgehead atoms. The highest BCUT2D eigenvalue weighted by Gasteiger charge is 1.94. The van der Waals surface area contributed by atoms with Crippen LogP contribution in [0.15, 0.2) is 24.3 Å². The standard InChI is InChI=1S/C12H17O/c1-3-5-9-13-12-8-6-7-11(4-2)10-12/h6-8,10H,2-5,9H2,1H3. The fourth-order valence-corrected chi connectivity index (χ4v) is 1.13. The zero-order chi connectivity index (χ0) is 9.52. The van der Waals surface area contributed by atoms with Gasteiger partial charge in [-0.15, -0.1) is 0 Å². The summed E-state index contributed by atoms with van der Waals surface area (Å²) in [4.78, 5) is 0. The maximum absolute atomic E-state index is 5.56. The summed E-state index contributed by atoms with van der Waals surface area (Å²) in [5.74, 6) is 0.967. The van der Waals surface area contributed by atoms with E-state index >= 15 is 0 Å². The van der Waals surface area contributed by atoms with Crippen molar-refractivity contribution in [1.82, 2.24) is 0 Å². The van der Waals surface area contributed by atoms with Gasteiger partial charge in [0.05, 0.1) is 6.61 Å². The minimum Gasteiger partial charge on any atom is -0.494 e. The molecule has 13 heavy (non-hydrogen) atoms. The molecule has 0 fully saturated rings. The van der Waals surface area contributed by atoms with Crippen LogP contribution in [-0.4, -0.2) is 6.61 Å². The Balaban J connectivity index is 2.46. The van der Waals surface area contributed by atoms with Crippen LogP contribution < -0.4 is 4.74 Å². The van der Waals surface area contributed by atoms with E-state index in [0.717, 1.165) is 25.2 Å². The Hall–Kier alpha value is -0.980. The molecular weight excluding hydrogens is 160 g/mol. The molecule has 0 saturated heterocycles. The highest BCUT2D eigenvalue weighted by atomic mass is 16.5. The third kappa shape index (κ3) is 3.49. The lowest BCUT2D eigenvalue weighted by atomic mass is 10.2. The molecule has 0 aliphatic carbocycles. The number of hydrogen-bond donors (Lipinski definition) is 0. The molecule has 1 heteroatoms. The summed E-state index contributed by atoms with van der Waals surface area (Å²) in [6.45, 7) is 6.82. The Bertz CT molecular complexity index is 243. The van der Waals surface area contributed by atoms with Gasteiger partial charge in [0.2, 0.25) is 0 Å². The van der Waals surface area contributed by atoms with Crippen molar-refractivity contribution in [3.05, 3.63) is 36.8 Å². The summed E-state index contributed by atoms with van der Waals surface area (Å²) in [7, 11) is 0. The first-order valence-electron chi connectivity index (χ1n) is 4.87. The lowest BCUT2D eigenvalue weighted by molar-refractivity contribution is 0.309. The number of benzene rings is 1. The molecule has 1 aromatic rings. The van der Waals surface area contributed by atoms with Crippen LogP contribution in [0.5, 0.6) is 5.75 Å². The summed E-state index contributed by atoms with van der Waals surface area (Å²) in [5.41, 5.74) is 1.23. The molecule has 0 N–H and O–H groups in total. The predicted molar refractivity (Wildman–Crippen MR) is 55.9 cm³/mol. The van der Waals surface area contributed by atoms with E-state index in [0.29, 0.717) is 0 Å². The molecule has 0 unspecified atom stereocenters. The topological polar surface area (TPSA) is 9.23 Å². The lowest BCUT2D eigenvalue weighted by Crippen LogP contribution is -1.96. The molecule has 0 amide bonds. The van der Waals surface area contributed by atoms with Crippen LogP contribution in [0.3, 0.4) is 0 Å². The van der Waals surface area contributed by atoms with Crippen molar-refractivity contribution < 1.29 is 4.74 Å². The number of ether oxygens (including phenoxy) is 1. The molecule has 0 aliphatic rings. The van der Waals surface area contributed by atoms with Crippen molar-refractivity contribution in [2.75, 3.05) is 6.61 Å². The Labute approximate surface area is 80.7 Å². The number of unbranched alkanes of at least 4 members (excludes halogenated alkanes) is 1. The third-order valence-corrected chi connectivity index (χ3v) is 1.95. The minimum absolute atomic E-state index is 0.817. The van der Waals surface area contributed by atoms with Gasteiger partial charge in [0, 0.05) is 0 Å². The number of rotatable bonds is 5. The largest absolute Gasteiger partial charge is 0.494 e. The predicted octanol–water partition coefficient (Wildman–Crippen LogP) is 3.24. The quantitative estimate of drug-likeness (QED) is 0.627. The second-order valence-electron chi connectivity index (χ2n) is 3.10. The highest BCUT2D eigenvalue weighted by Crippen LogP contribution is 2.13. The first-order valence-corrected chi connectivity index (χ1v) is 4.87. The van der Waals surface area contributed by atoms with Gasteiger partial charge in [-0.1, -0.05) is 25.5 Å². The van der Waals surface area contributed by atoms with Crippen molar-refractivity contribution in [3.63, 3.8) is 0 Å². The monoisotopic (exact) mass is 177 g/mol.